The molecule has 0 aliphatic rings. The fourth-order valence-electron chi connectivity index (χ4n) is 0.880. The molecule has 0 amide bonds. The third-order valence-electron chi connectivity index (χ3n) is 1.37. The van der Waals surface area contributed by atoms with E-state index in [4.69, 9.17) is 1.37 Å². The van der Waals surface area contributed by atoms with Gasteiger partial charge in [0.2, 0.25) is 0 Å². The van der Waals surface area contributed by atoms with Gasteiger partial charge in [-0.25, -0.2) is 9.97 Å². The molecule has 0 saturated heterocycles. The number of hydrogen-bond donors (Lipinski definition) is 0. The van der Waals surface area contributed by atoms with Gasteiger partial charge in [-0.15, -0.1) is 0 Å². The van der Waals surface area contributed by atoms with E-state index in [9.17, 15) is 0 Å². The number of fused-ring (bicyclic) bond motifs is 1. The Morgan fingerprint density at radius 3 is 3.20 bits per heavy atom. The van der Waals surface area contributed by atoms with Crippen LogP contribution in [0.25, 0.3) is 10.9 Å². The second-order valence-corrected chi connectivity index (χ2v) is 2.03. The predicted octanol–water partition coefficient (Wildman–Crippen LogP) is 1.63. The van der Waals surface area contributed by atoms with Crippen LogP contribution in [-0.4, -0.2) is 9.97 Å². The van der Waals surface area contributed by atoms with Crippen LogP contribution in [0.1, 0.15) is 1.37 Å². The molecular weight excluding hydrogens is 124 g/mol. The first kappa shape index (κ1) is 4.39. The molecule has 0 aliphatic heterocycles. The van der Waals surface area contributed by atoms with Gasteiger partial charge in [-0.1, -0.05) is 18.2 Å². The molecule has 2 nitrogen and oxygen atoms in total. The van der Waals surface area contributed by atoms with Crippen LogP contribution in [0.5, 0.6) is 0 Å². The molecule has 0 bridgehead atoms. The molecular formula is C8H6N2. The van der Waals surface area contributed by atoms with Crippen LogP contribution in [0.4, 0.5) is 0 Å². The molecule has 0 atom stereocenters. The van der Waals surface area contributed by atoms with E-state index < -0.39 is 0 Å². The molecule has 1 aromatic carbocycles. The van der Waals surface area contributed by atoms with Gasteiger partial charge >= 0.3 is 0 Å². The van der Waals surface area contributed by atoms with Crippen molar-refractivity contribution in [3.63, 3.8) is 0 Å². The molecule has 1 aromatic heterocycles. The molecule has 1 heterocycles. The Morgan fingerprint density at radius 1 is 1.30 bits per heavy atom. The Hall–Kier alpha value is -1.44. The monoisotopic (exact) mass is 131 g/mol. The predicted molar refractivity (Wildman–Crippen MR) is 39.5 cm³/mol. The van der Waals surface area contributed by atoms with Gasteiger partial charge in [-0.05, 0) is 6.07 Å². The van der Waals surface area contributed by atoms with Gasteiger partial charge in [-0.2, -0.15) is 0 Å². The highest BCUT2D eigenvalue weighted by Gasteiger charge is 1.87. The van der Waals surface area contributed by atoms with Crippen molar-refractivity contribution in [3.05, 3.63) is 36.8 Å². The van der Waals surface area contributed by atoms with Crippen molar-refractivity contribution in [2.45, 2.75) is 0 Å². The van der Waals surface area contributed by atoms with Crippen LogP contribution in [0.2, 0.25) is 0 Å². The number of hydrogen-bond acceptors (Lipinski definition) is 2. The minimum atomic E-state index is 0.0729. The summed E-state index contributed by atoms with van der Waals surface area (Å²) in [6, 6.07) is 7.62. The molecule has 0 fully saturated rings. The van der Waals surface area contributed by atoms with Crippen molar-refractivity contribution in [3.8, 4) is 0 Å². The van der Waals surface area contributed by atoms with Gasteiger partial charge in [-0.3, -0.25) is 0 Å². The van der Waals surface area contributed by atoms with Crippen LogP contribution >= 0.6 is 0 Å². The highest BCUT2D eigenvalue weighted by atomic mass is 14.8. The molecule has 0 spiro atoms. The quantitative estimate of drug-likeness (QED) is 0.543. The van der Waals surface area contributed by atoms with E-state index in [2.05, 4.69) is 9.97 Å². The molecule has 0 unspecified atom stereocenters. The lowest BCUT2D eigenvalue weighted by Gasteiger charge is -1.90. The second kappa shape index (κ2) is 2.06. The van der Waals surface area contributed by atoms with Gasteiger partial charge in [0.05, 0.1) is 5.52 Å². The number of nitrogens with zero attached hydrogens (tertiary/aromatic N) is 2. The number of para-hydroxylation sites is 1. The van der Waals surface area contributed by atoms with Gasteiger partial charge in [0.15, 0.2) is 0 Å². The molecule has 0 aliphatic carbocycles. The van der Waals surface area contributed by atoms with Crippen molar-refractivity contribution in [2.75, 3.05) is 0 Å². The van der Waals surface area contributed by atoms with E-state index in [0.29, 0.717) is 0 Å². The first-order valence-corrected chi connectivity index (χ1v) is 3.05. The highest BCUT2D eigenvalue weighted by Crippen LogP contribution is 2.06. The maximum atomic E-state index is 7.15. The topological polar surface area (TPSA) is 25.8 Å². The van der Waals surface area contributed by atoms with Crippen LogP contribution < -0.4 is 0 Å². The lowest BCUT2D eigenvalue weighted by atomic mass is 10.2. The van der Waals surface area contributed by atoms with E-state index in [1.54, 1.807) is 6.20 Å². The first-order valence-electron chi connectivity index (χ1n) is 3.55. The molecule has 0 N–H and O–H groups in total. The summed E-state index contributed by atoms with van der Waals surface area (Å²) in [6.07, 6.45) is 1.73. The van der Waals surface area contributed by atoms with E-state index in [0.717, 1.165) is 10.9 Å². The molecule has 10 heavy (non-hydrogen) atoms. The van der Waals surface area contributed by atoms with Gasteiger partial charge in [0, 0.05) is 11.6 Å². The maximum Gasteiger partial charge on any atom is 0.116 e. The lowest BCUT2D eigenvalue weighted by Crippen LogP contribution is -1.77. The van der Waals surface area contributed by atoms with E-state index in [-0.39, 0.29) is 6.30 Å². The Kier molecular flexibility index (Phi) is 0.905. The molecule has 0 saturated carbocycles. The summed E-state index contributed by atoms with van der Waals surface area (Å²) < 4.78 is 7.15. The minimum Gasteiger partial charge on any atom is -0.244 e. The largest absolute Gasteiger partial charge is 0.244 e. The van der Waals surface area contributed by atoms with Gasteiger partial charge < -0.3 is 0 Å². The van der Waals surface area contributed by atoms with Crippen molar-refractivity contribution >= 4 is 10.9 Å². The molecule has 48 valence electrons. The standard InChI is InChI=1S/C8H6N2/c1-2-4-8-7(3-1)5-9-6-10-8/h1-6H/i6D. The average Bonchev–Trinajstić information content (AvgIpc) is 2.04. The van der Waals surface area contributed by atoms with Crippen LogP contribution in [-0.2, 0) is 0 Å². The number of aromatic nitrogens is 2. The number of rotatable bonds is 0. The zero-order valence-electron chi connectivity index (χ0n) is 6.28. The van der Waals surface area contributed by atoms with Gasteiger partial charge in [0.25, 0.3) is 0 Å². The summed E-state index contributed by atoms with van der Waals surface area (Å²) in [5.74, 6) is 0. The lowest BCUT2D eigenvalue weighted by molar-refractivity contribution is 1.22. The Morgan fingerprint density at radius 2 is 2.20 bits per heavy atom. The molecule has 2 rings (SSSR count). The van der Waals surface area contributed by atoms with Crippen LogP contribution in [0, 0.1) is 0 Å². The van der Waals surface area contributed by atoms with Crippen molar-refractivity contribution in [2.24, 2.45) is 0 Å². The Bertz CT molecular complexity index is 387. The average molecular weight is 131 g/mol. The third kappa shape index (κ3) is 0.739. The zero-order chi connectivity index (χ0) is 7.68. The fraction of sp³-hybridized carbons (Fsp3) is 0. The van der Waals surface area contributed by atoms with Crippen molar-refractivity contribution in [1.82, 2.24) is 9.97 Å². The van der Waals surface area contributed by atoms with Gasteiger partial charge in [0.1, 0.15) is 7.67 Å². The minimum absolute atomic E-state index is 0.0729. The maximum absolute atomic E-state index is 7.15. The summed E-state index contributed by atoms with van der Waals surface area (Å²) in [4.78, 5) is 7.69. The molecule has 2 heteroatoms. The summed E-state index contributed by atoms with van der Waals surface area (Å²) >= 11 is 0. The highest BCUT2D eigenvalue weighted by molar-refractivity contribution is 5.76. The van der Waals surface area contributed by atoms with Crippen LogP contribution in [0.15, 0.2) is 36.8 Å². The van der Waals surface area contributed by atoms with Crippen LogP contribution in [0.3, 0.4) is 0 Å². The van der Waals surface area contributed by atoms with Crippen molar-refractivity contribution < 1.29 is 1.37 Å². The number of benzene rings is 1. The third-order valence-corrected chi connectivity index (χ3v) is 1.37. The molecule has 2 aromatic rings. The van der Waals surface area contributed by atoms with E-state index in [1.165, 1.54) is 0 Å². The van der Waals surface area contributed by atoms with E-state index in [1.807, 2.05) is 24.3 Å². The smallest absolute Gasteiger partial charge is 0.116 e. The summed E-state index contributed by atoms with van der Waals surface area (Å²) in [5.41, 5.74) is 0.826. The first-order chi connectivity index (χ1) is 5.36. The summed E-state index contributed by atoms with van der Waals surface area (Å²) in [6.45, 7) is 0. The second-order valence-electron chi connectivity index (χ2n) is 2.03. The zero-order valence-corrected chi connectivity index (χ0v) is 5.28. The fourth-order valence-corrected chi connectivity index (χ4v) is 0.880. The Labute approximate surface area is 60.0 Å². The summed E-state index contributed by atoms with van der Waals surface area (Å²) in [5, 5.41) is 0.975. The Balaban J connectivity index is 2.83. The SMILES string of the molecule is [2H]c1ncc2ccccc2n1. The van der Waals surface area contributed by atoms with Crippen molar-refractivity contribution in [1.29, 1.82) is 0 Å². The normalized spacial score (nSPS) is 11.4. The molecule has 0 radical (unpaired) electrons. The summed E-state index contributed by atoms with van der Waals surface area (Å²) in [7, 11) is 0. The van der Waals surface area contributed by atoms with E-state index >= 15 is 0 Å².